The third kappa shape index (κ3) is 2.75. The summed E-state index contributed by atoms with van der Waals surface area (Å²) in [6.45, 7) is 0. The van der Waals surface area contributed by atoms with Crippen LogP contribution in [0.15, 0.2) is 70.4 Å². The van der Waals surface area contributed by atoms with Gasteiger partial charge in [0.05, 0.1) is 25.1 Å². The zero-order valence-electron chi connectivity index (χ0n) is 14.6. The molecule has 1 aromatic heterocycles. The molecule has 2 aliphatic rings. The summed E-state index contributed by atoms with van der Waals surface area (Å²) in [5, 5.41) is 7.54. The number of benzene rings is 2. The fraction of sp³-hybridized carbons (Fsp3) is 0.190. The van der Waals surface area contributed by atoms with Crippen LogP contribution in [-0.2, 0) is 0 Å². The lowest BCUT2D eigenvalue weighted by Gasteiger charge is -2.36. The Morgan fingerprint density at radius 2 is 2.00 bits per heavy atom. The molecule has 2 aliphatic heterocycles. The van der Waals surface area contributed by atoms with Gasteiger partial charge in [-0.05, 0) is 60.2 Å². The molecule has 6 heteroatoms. The molecule has 27 heavy (non-hydrogen) atoms. The van der Waals surface area contributed by atoms with Crippen LogP contribution in [0.1, 0.15) is 35.6 Å². The summed E-state index contributed by atoms with van der Waals surface area (Å²) in [5.74, 6) is 2.36. The van der Waals surface area contributed by atoms with Gasteiger partial charge >= 0.3 is 0 Å². The monoisotopic (exact) mass is 380 g/mol. The average molecular weight is 381 g/mol. The minimum absolute atomic E-state index is 0.0413. The first-order valence-electron chi connectivity index (χ1n) is 8.72. The van der Waals surface area contributed by atoms with E-state index in [2.05, 4.69) is 0 Å². The van der Waals surface area contributed by atoms with Crippen LogP contribution >= 0.6 is 11.6 Å². The predicted octanol–water partition coefficient (Wildman–Crippen LogP) is 5.18. The summed E-state index contributed by atoms with van der Waals surface area (Å²) in [4.78, 5) is 0. The van der Waals surface area contributed by atoms with Gasteiger partial charge in [0.1, 0.15) is 11.5 Å². The zero-order valence-corrected chi connectivity index (χ0v) is 15.4. The molecule has 2 atom stereocenters. The SMILES string of the molecule is COc1ccc(C2=NN3C(C2)c2cc(Cl)ccc2OC3c2ccco2)cc1. The fourth-order valence-electron chi connectivity index (χ4n) is 3.64. The molecule has 0 saturated heterocycles. The Bertz CT molecular complexity index is 999. The Balaban J connectivity index is 1.57. The standard InChI is InChI=1S/C21H17ClN2O3/c1-25-15-7-4-13(5-8-15)17-12-18-16-11-14(22)6-9-19(16)27-21(24(18)23-17)20-3-2-10-26-20/h2-11,18,21H,12H2,1H3. The van der Waals surface area contributed by atoms with E-state index in [0.29, 0.717) is 5.02 Å². The summed E-state index contributed by atoms with van der Waals surface area (Å²) < 4.78 is 17.1. The highest BCUT2D eigenvalue weighted by Gasteiger charge is 2.42. The highest BCUT2D eigenvalue weighted by Crippen LogP contribution is 2.48. The number of rotatable bonds is 3. The fourth-order valence-corrected chi connectivity index (χ4v) is 3.82. The molecule has 136 valence electrons. The second-order valence-corrected chi connectivity index (χ2v) is 6.98. The van der Waals surface area contributed by atoms with Gasteiger partial charge in [-0.25, -0.2) is 5.01 Å². The van der Waals surface area contributed by atoms with E-state index in [0.717, 1.165) is 40.5 Å². The predicted molar refractivity (Wildman–Crippen MR) is 102 cm³/mol. The van der Waals surface area contributed by atoms with E-state index in [1.54, 1.807) is 13.4 Å². The van der Waals surface area contributed by atoms with Crippen molar-refractivity contribution < 1.29 is 13.9 Å². The number of methoxy groups -OCH3 is 1. The van der Waals surface area contributed by atoms with Gasteiger partial charge in [0.15, 0.2) is 5.76 Å². The number of furan rings is 1. The van der Waals surface area contributed by atoms with Crippen LogP contribution in [0.5, 0.6) is 11.5 Å². The van der Waals surface area contributed by atoms with Crippen LogP contribution in [0.25, 0.3) is 0 Å². The quantitative estimate of drug-likeness (QED) is 0.627. The van der Waals surface area contributed by atoms with Gasteiger partial charge in [-0.2, -0.15) is 5.10 Å². The van der Waals surface area contributed by atoms with Gasteiger partial charge in [-0.3, -0.25) is 0 Å². The van der Waals surface area contributed by atoms with E-state index >= 15 is 0 Å². The third-order valence-corrected chi connectivity index (χ3v) is 5.20. The van der Waals surface area contributed by atoms with Gasteiger partial charge in [-0.15, -0.1) is 0 Å². The van der Waals surface area contributed by atoms with E-state index in [1.807, 2.05) is 59.6 Å². The topological polar surface area (TPSA) is 47.2 Å². The van der Waals surface area contributed by atoms with Crippen molar-refractivity contribution in [3.63, 3.8) is 0 Å². The first-order valence-corrected chi connectivity index (χ1v) is 9.10. The second-order valence-electron chi connectivity index (χ2n) is 6.54. The van der Waals surface area contributed by atoms with Crippen molar-refractivity contribution in [3.05, 3.63) is 82.8 Å². The van der Waals surface area contributed by atoms with Gasteiger partial charge in [-0.1, -0.05) is 11.6 Å². The van der Waals surface area contributed by atoms with E-state index in [1.165, 1.54) is 0 Å². The maximum atomic E-state index is 6.25. The molecule has 0 aliphatic carbocycles. The van der Waals surface area contributed by atoms with Gasteiger partial charge in [0, 0.05) is 17.0 Å². The lowest BCUT2D eigenvalue weighted by atomic mass is 9.96. The maximum absolute atomic E-state index is 6.25. The first-order chi connectivity index (χ1) is 13.2. The van der Waals surface area contributed by atoms with E-state index in [9.17, 15) is 0 Å². The molecule has 5 rings (SSSR count). The highest BCUT2D eigenvalue weighted by atomic mass is 35.5. The Morgan fingerprint density at radius 1 is 1.15 bits per heavy atom. The van der Waals surface area contributed by atoms with Crippen molar-refractivity contribution in [1.29, 1.82) is 0 Å². The number of hydrogen-bond acceptors (Lipinski definition) is 5. The molecular weight excluding hydrogens is 364 g/mol. The molecule has 2 unspecified atom stereocenters. The number of halogens is 1. The lowest BCUT2D eigenvalue weighted by molar-refractivity contribution is -0.0325. The minimum atomic E-state index is -0.408. The molecule has 2 aromatic carbocycles. The average Bonchev–Trinajstić information content (AvgIpc) is 3.38. The van der Waals surface area contributed by atoms with Gasteiger partial charge in [0.2, 0.25) is 6.23 Å². The molecule has 5 nitrogen and oxygen atoms in total. The van der Waals surface area contributed by atoms with E-state index in [4.69, 9.17) is 30.6 Å². The Morgan fingerprint density at radius 3 is 2.74 bits per heavy atom. The van der Waals surface area contributed by atoms with E-state index in [-0.39, 0.29) is 6.04 Å². The molecule has 0 radical (unpaired) electrons. The number of ether oxygens (including phenoxy) is 2. The van der Waals surface area contributed by atoms with Crippen molar-refractivity contribution in [2.45, 2.75) is 18.7 Å². The van der Waals surface area contributed by atoms with Crippen molar-refractivity contribution in [2.75, 3.05) is 7.11 Å². The largest absolute Gasteiger partial charge is 0.497 e. The van der Waals surface area contributed by atoms with Crippen LogP contribution < -0.4 is 9.47 Å². The number of hydrazone groups is 1. The molecule has 3 heterocycles. The third-order valence-electron chi connectivity index (χ3n) is 4.96. The highest BCUT2D eigenvalue weighted by molar-refractivity contribution is 6.30. The minimum Gasteiger partial charge on any atom is -0.497 e. The molecule has 0 bridgehead atoms. The molecule has 0 spiro atoms. The lowest BCUT2D eigenvalue weighted by Crippen LogP contribution is -2.33. The van der Waals surface area contributed by atoms with Crippen LogP contribution in [0, 0.1) is 0 Å². The summed E-state index contributed by atoms with van der Waals surface area (Å²) in [6.07, 6.45) is 2.00. The zero-order chi connectivity index (χ0) is 18.4. The molecular formula is C21H17ClN2O3. The normalized spacial score (nSPS) is 20.5. The molecule has 0 amide bonds. The number of fused-ring (bicyclic) bond motifs is 3. The Hall–Kier alpha value is -2.92. The van der Waals surface area contributed by atoms with Crippen LogP contribution in [0.2, 0.25) is 5.02 Å². The smallest absolute Gasteiger partial charge is 0.246 e. The van der Waals surface area contributed by atoms with Crippen molar-refractivity contribution in [1.82, 2.24) is 5.01 Å². The summed E-state index contributed by atoms with van der Waals surface area (Å²) in [5.41, 5.74) is 3.10. The number of nitrogens with zero attached hydrogens (tertiary/aromatic N) is 2. The Labute approximate surface area is 161 Å². The van der Waals surface area contributed by atoms with Gasteiger partial charge in [0.25, 0.3) is 0 Å². The molecule has 0 fully saturated rings. The van der Waals surface area contributed by atoms with Crippen LogP contribution in [0.3, 0.4) is 0 Å². The van der Waals surface area contributed by atoms with Crippen molar-refractivity contribution in [2.24, 2.45) is 5.10 Å². The molecule has 0 N–H and O–H groups in total. The summed E-state index contributed by atoms with van der Waals surface area (Å²) in [7, 11) is 1.66. The van der Waals surface area contributed by atoms with Crippen molar-refractivity contribution in [3.8, 4) is 11.5 Å². The van der Waals surface area contributed by atoms with Gasteiger partial charge < -0.3 is 13.9 Å². The van der Waals surface area contributed by atoms with Crippen molar-refractivity contribution >= 4 is 17.3 Å². The second kappa shape index (κ2) is 6.35. The number of hydrogen-bond donors (Lipinski definition) is 0. The molecule has 0 saturated carbocycles. The summed E-state index contributed by atoms with van der Waals surface area (Å²) >= 11 is 6.25. The summed E-state index contributed by atoms with van der Waals surface area (Å²) in [6, 6.07) is 17.5. The van der Waals surface area contributed by atoms with Crippen LogP contribution in [-0.4, -0.2) is 17.8 Å². The van der Waals surface area contributed by atoms with Crippen LogP contribution in [0.4, 0.5) is 0 Å². The first kappa shape index (κ1) is 16.3. The Kier molecular flexibility index (Phi) is 3.83. The van der Waals surface area contributed by atoms with E-state index < -0.39 is 6.23 Å². The maximum Gasteiger partial charge on any atom is 0.246 e. The molecule has 3 aromatic rings.